The highest BCUT2D eigenvalue weighted by Gasteiger charge is 2.09. The first-order valence-corrected chi connectivity index (χ1v) is 3.72. The predicted molar refractivity (Wildman–Crippen MR) is 47.0 cm³/mol. The van der Waals surface area contributed by atoms with Crippen molar-refractivity contribution in [3.63, 3.8) is 0 Å². The maximum atomic E-state index is 10.7. The first-order valence-electron chi connectivity index (χ1n) is 3.72. The van der Waals surface area contributed by atoms with Gasteiger partial charge in [0, 0.05) is 11.6 Å². The molecule has 4 heteroatoms. The lowest BCUT2D eigenvalue weighted by Crippen LogP contribution is -2.05. The van der Waals surface area contributed by atoms with Gasteiger partial charge in [-0.05, 0) is 12.1 Å². The molecule has 2 rings (SSSR count). The summed E-state index contributed by atoms with van der Waals surface area (Å²) in [6.07, 6.45) is 0.309. The summed E-state index contributed by atoms with van der Waals surface area (Å²) >= 11 is 0. The van der Waals surface area contributed by atoms with Crippen LogP contribution in [0.25, 0.3) is 10.9 Å². The summed E-state index contributed by atoms with van der Waals surface area (Å²) in [6, 6.07) is 6.52. The summed E-state index contributed by atoms with van der Waals surface area (Å²) < 4.78 is 0.991. The molecule has 0 unspecified atom stereocenters. The first-order chi connectivity index (χ1) is 6.20. The number of fused-ring (bicyclic) bond motifs is 1. The zero-order valence-corrected chi connectivity index (χ0v) is 6.64. The number of phenolic OH excluding ortho intramolecular Hbond substituents is 1. The fourth-order valence-electron chi connectivity index (χ4n) is 1.33. The summed E-state index contributed by atoms with van der Waals surface area (Å²) in [4.78, 5) is 10.7. The Labute approximate surface area is 73.6 Å². The van der Waals surface area contributed by atoms with Crippen LogP contribution in [0.2, 0.25) is 0 Å². The van der Waals surface area contributed by atoms with Gasteiger partial charge in [-0.25, -0.2) is 9.36 Å². The lowest BCUT2D eigenvalue weighted by atomic mass is 10.2. The number of hydrogen-bond donors (Lipinski definition) is 2. The van der Waals surface area contributed by atoms with E-state index in [2.05, 4.69) is 0 Å². The standard InChI is InChI=1S/C9H7NO3/c11-7-3-1-2-6-4-5-10(8(6)7)9(12)13/h1-5,11H,(H,12,13). The van der Waals surface area contributed by atoms with E-state index < -0.39 is 6.09 Å². The molecule has 66 valence electrons. The second-order valence-electron chi connectivity index (χ2n) is 2.68. The Bertz CT molecular complexity index is 473. The third kappa shape index (κ3) is 1.03. The highest BCUT2D eigenvalue weighted by molar-refractivity contribution is 5.92. The smallest absolute Gasteiger partial charge is 0.416 e. The summed E-state index contributed by atoms with van der Waals surface area (Å²) in [5.74, 6) is -0.0232. The third-order valence-corrected chi connectivity index (χ3v) is 1.90. The molecule has 1 heterocycles. The minimum atomic E-state index is -1.10. The topological polar surface area (TPSA) is 62.5 Å². The van der Waals surface area contributed by atoms with Crippen molar-refractivity contribution in [3.8, 4) is 5.75 Å². The first kappa shape index (κ1) is 7.67. The molecule has 0 aliphatic heterocycles. The quantitative estimate of drug-likeness (QED) is 0.645. The Kier molecular flexibility index (Phi) is 1.48. The van der Waals surface area contributed by atoms with Gasteiger partial charge >= 0.3 is 6.09 Å². The maximum Gasteiger partial charge on any atom is 0.416 e. The molecule has 2 N–H and O–H groups in total. The van der Waals surface area contributed by atoms with Crippen LogP contribution in [0.3, 0.4) is 0 Å². The van der Waals surface area contributed by atoms with Crippen molar-refractivity contribution in [2.45, 2.75) is 0 Å². The van der Waals surface area contributed by atoms with Gasteiger partial charge in [0.05, 0.1) is 0 Å². The van der Waals surface area contributed by atoms with Crippen LogP contribution in [0.5, 0.6) is 5.75 Å². The largest absolute Gasteiger partial charge is 0.506 e. The van der Waals surface area contributed by atoms with Gasteiger partial charge < -0.3 is 10.2 Å². The molecule has 4 nitrogen and oxygen atoms in total. The van der Waals surface area contributed by atoms with Crippen LogP contribution < -0.4 is 0 Å². The molecule has 13 heavy (non-hydrogen) atoms. The van der Waals surface area contributed by atoms with Crippen LogP contribution in [0.1, 0.15) is 0 Å². The molecule has 0 aliphatic rings. The molecule has 0 spiro atoms. The molecule has 0 saturated carbocycles. The zero-order chi connectivity index (χ0) is 9.42. The highest BCUT2D eigenvalue weighted by atomic mass is 16.4. The van der Waals surface area contributed by atoms with E-state index in [4.69, 9.17) is 5.11 Å². The third-order valence-electron chi connectivity index (χ3n) is 1.90. The maximum absolute atomic E-state index is 10.7. The van der Waals surface area contributed by atoms with Crippen molar-refractivity contribution in [1.82, 2.24) is 4.57 Å². The molecule has 2 aromatic rings. The van der Waals surface area contributed by atoms with Crippen LogP contribution in [-0.4, -0.2) is 20.9 Å². The van der Waals surface area contributed by atoms with E-state index in [1.54, 1.807) is 18.2 Å². The summed E-state index contributed by atoms with van der Waals surface area (Å²) in [7, 11) is 0. The number of aromatic nitrogens is 1. The molecule has 0 amide bonds. The molecule has 0 fully saturated rings. The number of hydrogen-bond acceptors (Lipinski definition) is 2. The van der Waals surface area contributed by atoms with E-state index in [0.717, 1.165) is 4.57 Å². The van der Waals surface area contributed by atoms with Crippen molar-refractivity contribution in [2.75, 3.05) is 0 Å². The average Bonchev–Trinajstić information content (AvgIpc) is 2.49. The van der Waals surface area contributed by atoms with Crippen molar-refractivity contribution in [1.29, 1.82) is 0 Å². The van der Waals surface area contributed by atoms with Gasteiger partial charge in [-0.2, -0.15) is 0 Å². The lowest BCUT2D eigenvalue weighted by Gasteiger charge is -1.99. The van der Waals surface area contributed by atoms with E-state index in [0.29, 0.717) is 10.9 Å². The summed E-state index contributed by atoms with van der Waals surface area (Å²) in [5, 5.41) is 18.9. The van der Waals surface area contributed by atoms with Crippen molar-refractivity contribution >= 4 is 17.0 Å². The van der Waals surface area contributed by atoms with Crippen LogP contribution in [0, 0.1) is 0 Å². The summed E-state index contributed by atoms with van der Waals surface area (Å²) in [5.41, 5.74) is 0.329. The fourth-order valence-corrected chi connectivity index (χ4v) is 1.33. The minimum Gasteiger partial charge on any atom is -0.506 e. The number of carboxylic acid groups (broad SMARTS) is 1. The second kappa shape index (κ2) is 2.52. The lowest BCUT2D eigenvalue weighted by molar-refractivity contribution is 0.197. The molecule has 0 saturated heterocycles. The SMILES string of the molecule is O=C(O)n1ccc2cccc(O)c21. The second-order valence-corrected chi connectivity index (χ2v) is 2.68. The van der Waals surface area contributed by atoms with E-state index in [1.165, 1.54) is 12.3 Å². The van der Waals surface area contributed by atoms with Gasteiger partial charge in [0.2, 0.25) is 0 Å². The predicted octanol–water partition coefficient (Wildman–Crippen LogP) is 1.87. The Balaban J connectivity index is 2.86. The van der Waals surface area contributed by atoms with E-state index in [9.17, 15) is 9.90 Å². The number of nitrogens with zero attached hydrogens (tertiary/aromatic N) is 1. The van der Waals surface area contributed by atoms with Crippen molar-refractivity contribution in [3.05, 3.63) is 30.5 Å². The monoisotopic (exact) mass is 177 g/mol. The van der Waals surface area contributed by atoms with Crippen LogP contribution in [0.4, 0.5) is 4.79 Å². The van der Waals surface area contributed by atoms with Gasteiger partial charge in [-0.15, -0.1) is 0 Å². The number of carbonyl (C=O) groups is 1. The van der Waals surface area contributed by atoms with E-state index in [1.807, 2.05) is 0 Å². The van der Waals surface area contributed by atoms with E-state index in [-0.39, 0.29) is 5.75 Å². The van der Waals surface area contributed by atoms with Gasteiger partial charge in [0.25, 0.3) is 0 Å². The molecular weight excluding hydrogens is 170 g/mol. The van der Waals surface area contributed by atoms with Gasteiger partial charge in [-0.1, -0.05) is 12.1 Å². The van der Waals surface area contributed by atoms with E-state index >= 15 is 0 Å². The Morgan fingerprint density at radius 2 is 2.08 bits per heavy atom. The molecule has 0 radical (unpaired) electrons. The molecule has 0 bridgehead atoms. The van der Waals surface area contributed by atoms with Gasteiger partial charge in [-0.3, -0.25) is 0 Å². The molecular formula is C9H7NO3. The number of aromatic hydroxyl groups is 1. The zero-order valence-electron chi connectivity index (χ0n) is 6.64. The Hall–Kier alpha value is -1.97. The number of benzene rings is 1. The number of rotatable bonds is 0. The molecule has 1 aromatic heterocycles. The van der Waals surface area contributed by atoms with Crippen LogP contribution in [-0.2, 0) is 0 Å². The fraction of sp³-hybridized carbons (Fsp3) is 0. The van der Waals surface area contributed by atoms with Gasteiger partial charge in [0.15, 0.2) is 0 Å². The van der Waals surface area contributed by atoms with Gasteiger partial charge in [0.1, 0.15) is 11.3 Å². The number of para-hydroxylation sites is 1. The molecule has 0 aliphatic carbocycles. The number of phenols is 1. The van der Waals surface area contributed by atoms with Crippen LogP contribution in [0.15, 0.2) is 30.5 Å². The average molecular weight is 177 g/mol. The van der Waals surface area contributed by atoms with Crippen molar-refractivity contribution in [2.24, 2.45) is 0 Å². The highest BCUT2D eigenvalue weighted by Crippen LogP contribution is 2.24. The van der Waals surface area contributed by atoms with Crippen LogP contribution >= 0.6 is 0 Å². The van der Waals surface area contributed by atoms with Crippen molar-refractivity contribution < 1.29 is 15.0 Å². The normalized spacial score (nSPS) is 10.5. The Morgan fingerprint density at radius 3 is 2.77 bits per heavy atom. The Morgan fingerprint density at radius 1 is 1.31 bits per heavy atom. The molecule has 0 atom stereocenters. The molecule has 1 aromatic carbocycles. The minimum absolute atomic E-state index is 0.0232. The summed E-state index contributed by atoms with van der Waals surface area (Å²) in [6.45, 7) is 0.